The predicted octanol–water partition coefficient (Wildman–Crippen LogP) is 5.33. The van der Waals surface area contributed by atoms with Crippen LogP contribution in [0.3, 0.4) is 0 Å². The minimum atomic E-state index is -0.918. The minimum absolute atomic E-state index is 0.0139. The van der Waals surface area contributed by atoms with Crippen LogP contribution in [-0.4, -0.2) is 35.5 Å². The number of hydrogen-bond donors (Lipinski definition) is 1. The molecule has 1 atom stereocenters. The number of methoxy groups -OCH3 is 1. The first-order valence-electron chi connectivity index (χ1n) is 11.1. The molecule has 4 aromatic rings. The van der Waals surface area contributed by atoms with E-state index in [2.05, 4.69) is 4.98 Å². The maximum absolute atomic E-state index is 13.4. The lowest BCUT2D eigenvalue weighted by atomic mass is 9.95. The van der Waals surface area contributed by atoms with Gasteiger partial charge in [0.1, 0.15) is 23.3 Å². The Kier molecular flexibility index (Phi) is 5.96. The first kappa shape index (κ1) is 22.6. The van der Waals surface area contributed by atoms with E-state index in [9.17, 15) is 14.7 Å². The Hall–Kier alpha value is -4.17. The van der Waals surface area contributed by atoms with Gasteiger partial charge in [0.05, 0.1) is 29.5 Å². The van der Waals surface area contributed by atoms with Crippen LogP contribution >= 0.6 is 11.3 Å². The number of aromatic nitrogens is 1. The van der Waals surface area contributed by atoms with Crippen molar-refractivity contribution in [2.45, 2.75) is 13.0 Å². The number of amides is 1. The van der Waals surface area contributed by atoms with Crippen molar-refractivity contribution < 1.29 is 24.2 Å². The molecule has 1 saturated heterocycles. The highest BCUT2D eigenvalue weighted by molar-refractivity contribution is 7.22. The molecule has 35 heavy (non-hydrogen) atoms. The molecule has 1 aliphatic rings. The summed E-state index contributed by atoms with van der Waals surface area (Å²) < 4.78 is 12.0. The Morgan fingerprint density at radius 3 is 2.54 bits per heavy atom. The molecule has 8 heteroatoms. The molecule has 0 bridgehead atoms. The molecule has 0 radical (unpaired) electrons. The molecule has 0 saturated carbocycles. The monoisotopic (exact) mass is 486 g/mol. The van der Waals surface area contributed by atoms with Crippen LogP contribution in [0, 0.1) is 0 Å². The number of aliphatic hydroxyl groups excluding tert-OH is 1. The Labute approximate surface area is 205 Å². The second-order valence-corrected chi connectivity index (χ2v) is 8.85. The number of carbonyl (C=O) groups excluding carboxylic acids is 2. The number of nitrogens with zero attached hydrogens (tertiary/aromatic N) is 2. The summed E-state index contributed by atoms with van der Waals surface area (Å²) in [6.07, 6.45) is 0. The zero-order valence-corrected chi connectivity index (χ0v) is 19.9. The molecule has 176 valence electrons. The van der Waals surface area contributed by atoms with Gasteiger partial charge in [0.25, 0.3) is 5.78 Å². The Morgan fingerprint density at radius 1 is 1.06 bits per heavy atom. The summed E-state index contributed by atoms with van der Waals surface area (Å²) >= 11 is 1.28. The van der Waals surface area contributed by atoms with Gasteiger partial charge in [-0.3, -0.25) is 14.5 Å². The van der Waals surface area contributed by atoms with Gasteiger partial charge in [-0.15, -0.1) is 0 Å². The molecule has 7 nitrogen and oxygen atoms in total. The Balaban J connectivity index is 1.73. The second kappa shape index (κ2) is 9.23. The first-order valence-corrected chi connectivity index (χ1v) is 11.9. The van der Waals surface area contributed by atoms with Crippen molar-refractivity contribution in [3.05, 3.63) is 89.5 Å². The standard InChI is InChI=1S/C27H22N2O5S/c1-3-34-17-13-14-19-21(15-17)35-27(28-19)29-23(18-11-7-8-12-20(18)33-2)22(25(31)26(29)32)24(30)16-9-5-4-6-10-16/h4-15,23,30H,3H2,1-2H3/b24-22+/t23-/m0/s1. The van der Waals surface area contributed by atoms with E-state index in [1.807, 2.05) is 31.2 Å². The quantitative estimate of drug-likeness (QED) is 0.225. The zero-order chi connectivity index (χ0) is 24.5. The molecular formula is C27H22N2O5S. The molecule has 3 aromatic carbocycles. The van der Waals surface area contributed by atoms with Crippen molar-refractivity contribution in [3.8, 4) is 11.5 Å². The third-order valence-corrected chi connectivity index (χ3v) is 6.81. The lowest BCUT2D eigenvalue weighted by molar-refractivity contribution is -0.132. The molecule has 1 amide bonds. The summed E-state index contributed by atoms with van der Waals surface area (Å²) in [7, 11) is 1.52. The molecule has 0 aliphatic carbocycles. The number of fused-ring (bicyclic) bond motifs is 1. The van der Waals surface area contributed by atoms with Gasteiger partial charge >= 0.3 is 5.91 Å². The van der Waals surface area contributed by atoms with Gasteiger partial charge in [-0.25, -0.2) is 4.98 Å². The van der Waals surface area contributed by atoms with Crippen molar-refractivity contribution in [1.29, 1.82) is 0 Å². The van der Waals surface area contributed by atoms with Crippen molar-refractivity contribution in [2.24, 2.45) is 0 Å². The maximum Gasteiger partial charge on any atom is 0.301 e. The molecule has 1 aliphatic heterocycles. The lowest BCUT2D eigenvalue weighted by Gasteiger charge is -2.24. The number of anilines is 1. The van der Waals surface area contributed by atoms with Gasteiger partial charge in [-0.1, -0.05) is 59.9 Å². The van der Waals surface area contributed by atoms with Crippen LogP contribution in [0.2, 0.25) is 0 Å². The number of benzene rings is 3. The molecule has 1 aromatic heterocycles. The fraction of sp³-hybridized carbons (Fsp3) is 0.148. The highest BCUT2D eigenvalue weighted by atomic mass is 32.1. The van der Waals surface area contributed by atoms with E-state index in [1.165, 1.54) is 23.3 Å². The van der Waals surface area contributed by atoms with Gasteiger partial charge in [0.2, 0.25) is 0 Å². The number of Topliss-reactive ketones (excluding diaryl/α,β-unsaturated/α-hetero) is 1. The van der Waals surface area contributed by atoms with E-state index in [4.69, 9.17) is 9.47 Å². The molecular weight excluding hydrogens is 464 g/mol. The number of carbonyl (C=O) groups is 2. The summed E-state index contributed by atoms with van der Waals surface area (Å²) in [5.41, 5.74) is 1.68. The van der Waals surface area contributed by atoms with E-state index in [0.717, 1.165) is 4.70 Å². The SMILES string of the molecule is CCOc1ccc2nc(N3C(=O)C(=O)/C(=C(/O)c4ccccc4)[C@@H]3c3ccccc3OC)sc2c1. The minimum Gasteiger partial charge on any atom is -0.507 e. The molecule has 5 rings (SSSR count). The molecule has 0 spiro atoms. The number of thiazole rings is 1. The van der Waals surface area contributed by atoms with Crippen LogP contribution in [0.25, 0.3) is 16.0 Å². The van der Waals surface area contributed by atoms with E-state index >= 15 is 0 Å². The smallest absolute Gasteiger partial charge is 0.301 e. The molecule has 1 N–H and O–H groups in total. The van der Waals surface area contributed by atoms with Gasteiger partial charge < -0.3 is 14.6 Å². The summed E-state index contributed by atoms with van der Waals surface area (Å²) in [6, 6.07) is 20.4. The van der Waals surface area contributed by atoms with Gasteiger partial charge in [-0.2, -0.15) is 0 Å². The topological polar surface area (TPSA) is 89.0 Å². The number of aliphatic hydroxyl groups is 1. The van der Waals surface area contributed by atoms with Crippen molar-refractivity contribution in [2.75, 3.05) is 18.6 Å². The lowest BCUT2D eigenvalue weighted by Crippen LogP contribution is -2.29. The van der Waals surface area contributed by atoms with Gasteiger partial charge in [0.15, 0.2) is 5.13 Å². The number of para-hydroxylation sites is 1. The van der Waals surface area contributed by atoms with Crippen LogP contribution in [0.5, 0.6) is 11.5 Å². The van der Waals surface area contributed by atoms with Gasteiger partial charge in [0, 0.05) is 11.1 Å². The summed E-state index contributed by atoms with van der Waals surface area (Å²) in [5.74, 6) is -0.605. The Morgan fingerprint density at radius 2 is 1.80 bits per heavy atom. The van der Waals surface area contributed by atoms with E-state index in [1.54, 1.807) is 48.5 Å². The summed E-state index contributed by atoms with van der Waals surface area (Å²) in [5, 5.41) is 11.6. The number of hydrogen-bond acceptors (Lipinski definition) is 7. The third-order valence-electron chi connectivity index (χ3n) is 5.79. The van der Waals surface area contributed by atoms with Crippen LogP contribution < -0.4 is 14.4 Å². The van der Waals surface area contributed by atoms with Crippen LogP contribution in [0.15, 0.2) is 78.4 Å². The molecule has 2 heterocycles. The normalized spacial score (nSPS) is 17.2. The Bertz CT molecular complexity index is 1460. The predicted molar refractivity (Wildman–Crippen MR) is 135 cm³/mol. The maximum atomic E-state index is 13.4. The fourth-order valence-electron chi connectivity index (χ4n) is 4.22. The zero-order valence-electron chi connectivity index (χ0n) is 19.1. The summed E-state index contributed by atoms with van der Waals surface area (Å²) in [4.78, 5) is 32.8. The first-order chi connectivity index (χ1) is 17.0. The molecule has 0 unspecified atom stereocenters. The highest BCUT2D eigenvalue weighted by Crippen LogP contribution is 2.46. The summed E-state index contributed by atoms with van der Waals surface area (Å²) in [6.45, 7) is 2.43. The second-order valence-electron chi connectivity index (χ2n) is 7.84. The average molecular weight is 487 g/mol. The van der Waals surface area contributed by atoms with Crippen molar-refractivity contribution in [1.82, 2.24) is 4.98 Å². The van der Waals surface area contributed by atoms with Crippen LogP contribution in [-0.2, 0) is 9.59 Å². The number of rotatable bonds is 6. The average Bonchev–Trinajstić information content (AvgIpc) is 3.42. The third kappa shape index (κ3) is 3.91. The van der Waals surface area contributed by atoms with Crippen molar-refractivity contribution >= 4 is 44.1 Å². The number of ether oxygens (including phenoxy) is 2. The molecule has 1 fully saturated rings. The largest absolute Gasteiger partial charge is 0.507 e. The van der Waals surface area contributed by atoms with E-state index in [-0.39, 0.29) is 11.3 Å². The van der Waals surface area contributed by atoms with Gasteiger partial charge in [-0.05, 0) is 31.2 Å². The van der Waals surface area contributed by atoms with Crippen molar-refractivity contribution in [3.63, 3.8) is 0 Å². The fourth-order valence-corrected chi connectivity index (χ4v) is 5.24. The highest BCUT2D eigenvalue weighted by Gasteiger charge is 2.49. The van der Waals surface area contributed by atoms with Crippen LogP contribution in [0.1, 0.15) is 24.1 Å². The van der Waals surface area contributed by atoms with E-state index < -0.39 is 17.7 Å². The van der Waals surface area contributed by atoms with E-state index in [0.29, 0.717) is 39.9 Å². The van der Waals surface area contributed by atoms with Crippen LogP contribution in [0.4, 0.5) is 5.13 Å². The number of ketones is 1.